The molecule has 1 atom stereocenters. The largest absolute Gasteiger partial charge is 0.464 e. The summed E-state index contributed by atoms with van der Waals surface area (Å²) in [7, 11) is 0. The van der Waals surface area contributed by atoms with Crippen molar-refractivity contribution in [1.29, 1.82) is 0 Å². The summed E-state index contributed by atoms with van der Waals surface area (Å²) < 4.78 is 55.4. The van der Waals surface area contributed by atoms with Crippen LogP contribution in [0.5, 0.6) is 0 Å². The van der Waals surface area contributed by atoms with E-state index in [0.717, 1.165) is 12.1 Å². The lowest BCUT2D eigenvalue weighted by molar-refractivity contribution is -0.155. The van der Waals surface area contributed by atoms with E-state index in [1.807, 2.05) is 0 Å². The fourth-order valence-corrected chi connectivity index (χ4v) is 1.42. The van der Waals surface area contributed by atoms with E-state index in [4.69, 9.17) is 0 Å². The Hall–Kier alpha value is -1.63. The monoisotopic (exact) mass is 266 g/mol. The van der Waals surface area contributed by atoms with Crippen molar-refractivity contribution in [2.24, 2.45) is 0 Å². The molecule has 0 aliphatic heterocycles. The Bertz CT molecular complexity index is 442. The SMILES string of the molecule is CCOC(=O)C(O)c1cccc(F)c1C(F)(F)F. The number of alkyl halides is 3. The van der Waals surface area contributed by atoms with Crippen molar-refractivity contribution in [3.05, 3.63) is 35.1 Å². The number of halogens is 4. The Morgan fingerprint density at radius 1 is 1.44 bits per heavy atom. The van der Waals surface area contributed by atoms with Crippen LogP contribution in [0, 0.1) is 5.82 Å². The van der Waals surface area contributed by atoms with Gasteiger partial charge in [0.1, 0.15) is 5.82 Å². The molecule has 0 saturated heterocycles. The lowest BCUT2D eigenvalue weighted by atomic mass is 10.0. The predicted molar refractivity (Wildman–Crippen MR) is 53.0 cm³/mol. The summed E-state index contributed by atoms with van der Waals surface area (Å²) in [6.45, 7) is 1.33. The number of esters is 1. The predicted octanol–water partition coefficient (Wildman–Crippen LogP) is 2.44. The highest BCUT2D eigenvalue weighted by molar-refractivity contribution is 5.76. The molecule has 18 heavy (non-hydrogen) atoms. The van der Waals surface area contributed by atoms with Gasteiger partial charge in [-0.15, -0.1) is 0 Å². The molecule has 0 aromatic heterocycles. The molecule has 1 aromatic carbocycles. The number of ether oxygens (including phenoxy) is 1. The highest BCUT2D eigenvalue weighted by Gasteiger charge is 2.39. The number of carbonyl (C=O) groups is 1. The van der Waals surface area contributed by atoms with Crippen LogP contribution in [0.4, 0.5) is 17.6 Å². The molecule has 1 rings (SSSR count). The normalized spacial score (nSPS) is 13.2. The summed E-state index contributed by atoms with van der Waals surface area (Å²) in [5.74, 6) is -2.81. The minimum atomic E-state index is -5.01. The van der Waals surface area contributed by atoms with Crippen molar-refractivity contribution in [2.75, 3.05) is 6.61 Å². The lowest BCUT2D eigenvalue weighted by Crippen LogP contribution is -2.21. The Morgan fingerprint density at radius 2 is 2.06 bits per heavy atom. The summed E-state index contributed by atoms with van der Waals surface area (Å²) in [6, 6.07) is 2.40. The molecule has 0 aliphatic carbocycles. The number of hydrogen-bond donors (Lipinski definition) is 1. The van der Waals surface area contributed by atoms with Crippen LogP contribution >= 0.6 is 0 Å². The van der Waals surface area contributed by atoms with Crippen molar-refractivity contribution < 1.29 is 32.2 Å². The van der Waals surface area contributed by atoms with E-state index in [2.05, 4.69) is 4.74 Å². The Labute approximate surface area is 100.0 Å². The number of carbonyl (C=O) groups excluding carboxylic acids is 1. The van der Waals surface area contributed by atoms with Crippen LogP contribution in [0.25, 0.3) is 0 Å². The molecule has 0 aliphatic rings. The second kappa shape index (κ2) is 5.34. The Balaban J connectivity index is 3.25. The van der Waals surface area contributed by atoms with Crippen molar-refractivity contribution in [3.63, 3.8) is 0 Å². The Morgan fingerprint density at radius 3 is 2.56 bits per heavy atom. The van der Waals surface area contributed by atoms with E-state index in [1.54, 1.807) is 0 Å². The fraction of sp³-hybridized carbons (Fsp3) is 0.364. The molecule has 3 nitrogen and oxygen atoms in total. The van der Waals surface area contributed by atoms with E-state index in [1.165, 1.54) is 6.92 Å². The van der Waals surface area contributed by atoms with E-state index in [9.17, 15) is 27.5 Å². The number of benzene rings is 1. The summed E-state index contributed by atoms with van der Waals surface area (Å²) in [4.78, 5) is 11.2. The van der Waals surface area contributed by atoms with Gasteiger partial charge in [0.15, 0.2) is 6.10 Å². The van der Waals surface area contributed by atoms with Crippen LogP contribution in [0.3, 0.4) is 0 Å². The first-order valence-corrected chi connectivity index (χ1v) is 4.99. The topological polar surface area (TPSA) is 46.5 Å². The van der Waals surface area contributed by atoms with Crippen LogP contribution in [0.15, 0.2) is 18.2 Å². The van der Waals surface area contributed by atoms with Gasteiger partial charge in [-0.1, -0.05) is 12.1 Å². The molecule has 0 saturated carbocycles. The molecular formula is C11H10F4O3. The van der Waals surface area contributed by atoms with Gasteiger partial charge in [0, 0.05) is 5.56 Å². The van der Waals surface area contributed by atoms with E-state index in [-0.39, 0.29) is 6.61 Å². The minimum absolute atomic E-state index is 0.105. The fourth-order valence-electron chi connectivity index (χ4n) is 1.42. The molecular weight excluding hydrogens is 256 g/mol. The van der Waals surface area contributed by atoms with Gasteiger partial charge in [0.2, 0.25) is 0 Å². The van der Waals surface area contributed by atoms with Gasteiger partial charge >= 0.3 is 12.1 Å². The first kappa shape index (κ1) is 14.4. The second-order valence-corrected chi connectivity index (χ2v) is 3.36. The van der Waals surface area contributed by atoms with Gasteiger partial charge in [-0.25, -0.2) is 9.18 Å². The number of aliphatic hydroxyl groups is 1. The van der Waals surface area contributed by atoms with Gasteiger partial charge in [0.05, 0.1) is 12.2 Å². The highest BCUT2D eigenvalue weighted by atomic mass is 19.4. The third kappa shape index (κ3) is 2.98. The zero-order valence-electron chi connectivity index (χ0n) is 9.29. The average Bonchev–Trinajstić information content (AvgIpc) is 2.26. The van der Waals surface area contributed by atoms with Gasteiger partial charge in [-0.2, -0.15) is 13.2 Å². The molecule has 100 valence electrons. The smallest absolute Gasteiger partial charge is 0.419 e. The standard InChI is InChI=1S/C11H10F4O3/c1-2-18-10(17)9(16)6-4-3-5-7(12)8(6)11(13,14)15/h3-5,9,16H,2H2,1H3. The summed E-state index contributed by atoms with van der Waals surface area (Å²) in [5, 5.41) is 9.45. The first-order valence-electron chi connectivity index (χ1n) is 4.99. The van der Waals surface area contributed by atoms with Crippen molar-refractivity contribution in [1.82, 2.24) is 0 Å². The molecule has 0 heterocycles. The van der Waals surface area contributed by atoms with Crippen molar-refractivity contribution in [2.45, 2.75) is 19.2 Å². The Kier molecular flexibility index (Phi) is 4.28. The van der Waals surface area contributed by atoms with Crippen LogP contribution < -0.4 is 0 Å². The number of hydrogen-bond acceptors (Lipinski definition) is 3. The number of aliphatic hydroxyl groups excluding tert-OH is 1. The highest BCUT2D eigenvalue weighted by Crippen LogP contribution is 2.36. The van der Waals surface area contributed by atoms with Gasteiger partial charge in [-0.05, 0) is 13.0 Å². The zero-order valence-corrected chi connectivity index (χ0v) is 9.29. The molecule has 1 unspecified atom stereocenters. The third-order valence-corrected chi connectivity index (χ3v) is 2.13. The lowest BCUT2D eigenvalue weighted by Gasteiger charge is -2.16. The molecule has 0 amide bonds. The van der Waals surface area contributed by atoms with Gasteiger partial charge < -0.3 is 9.84 Å². The van der Waals surface area contributed by atoms with Crippen molar-refractivity contribution >= 4 is 5.97 Å². The quantitative estimate of drug-likeness (QED) is 0.675. The molecule has 0 spiro atoms. The molecule has 0 fully saturated rings. The van der Waals surface area contributed by atoms with E-state index < -0.39 is 35.2 Å². The summed E-state index contributed by atoms with van der Waals surface area (Å²) >= 11 is 0. The third-order valence-electron chi connectivity index (χ3n) is 2.13. The van der Waals surface area contributed by atoms with E-state index in [0.29, 0.717) is 6.07 Å². The van der Waals surface area contributed by atoms with Gasteiger partial charge in [-0.3, -0.25) is 0 Å². The maximum atomic E-state index is 13.2. The molecule has 0 bridgehead atoms. The molecule has 1 aromatic rings. The van der Waals surface area contributed by atoms with Crippen LogP contribution in [0.1, 0.15) is 24.2 Å². The van der Waals surface area contributed by atoms with Crippen LogP contribution in [-0.2, 0) is 15.7 Å². The zero-order chi connectivity index (χ0) is 13.9. The summed E-state index contributed by atoms with van der Waals surface area (Å²) in [5.41, 5.74) is -2.52. The number of rotatable bonds is 3. The average molecular weight is 266 g/mol. The van der Waals surface area contributed by atoms with Gasteiger partial charge in [0.25, 0.3) is 0 Å². The maximum Gasteiger partial charge on any atom is 0.419 e. The van der Waals surface area contributed by atoms with E-state index >= 15 is 0 Å². The molecule has 1 N–H and O–H groups in total. The minimum Gasteiger partial charge on any atom is -0.464 e. The maximum absolute atomic E-state index is 13.2. The van der Waals surface area contributed by atoms with Crippen LogP contribution in [-0.4, -0.2) is 17.7 Å². The molecule has 7 heteroatoms. The van der Waals surface area contributed by atoms with Crippen LogP contribution in [0.2, 0.25) is 0 Å². The second-order valence-electron chi connectivity index (χ2n) is 3.36. The summed E-state index contributed by atoms with van der Waals surface area (Å²) in [6.07, 6.45) is -7.17. The first-order chi connectivity index (χ1) is 8.29. The van der Waals surface area contributed by atoms with Crippen molar-refractivity contribution in [3.8, 4) is 0 Å². The molecule has 0 radical (unpaired) electrons.